The van der Waals surface area contributed by atoms with Crippen molar-refractivity contribution in [2.45, 2.75) is 38.7 Å². The fourth-order valence-corrected chi connectivity index (χ4v) is 4.29. The highest BCUT2D eigenvalue weighted by atomic mass is 16.6. The van der Waals surface area contributed by atoms with Gasteiger partial charge in [0.05, 0.1) is 11.8 Å². The van der Waals surface area contributed by atoms with Crippen LogP contribution in [0.15, 0.2) is 104 Å². The fourth-order valence-electron chi connectivity index (χ4n) is 4.29. The molecule has 2 atom stereocenters. The quantitative estimate of drug-likeness (QED) is 0.144. The normalized spacial score (nSPS) is 13.0. The molecular formula is C31H32O4. The highest BCUT2D eigenvalue weighted by molar-refractivity contribution is 6.17. The monoisotopic (exact) mass is 468 g/mol. The molecule has 3 aromatic carbocycles. The summed E-state index contributed by atoms with van der Waals surface area (Å²) in [7, 11) is 0. The van der Waals surface area contributed by atoms with Crippen LogP contribution in [0.4, 0.5) is 0 Å². The maximum absolute atomic E-state index is 14.0. The minimum Gasteiger partial charge on any atom is -0.460 e. The van der Waals surface area contributed by atoms with E-state index in [2.05, 4.69) is 6.58 Å². The van der Waals surface area contributed by atoms with Gasteiger partial charge in [-0.15, -0.1) is 6.58 Å². The summed E-state index contributed by atoms with van der Waals surface area (Å²) in [5.74, 6) is -3.77. The zero-order valence-electron chi connectivity index (χ0n) is 20.5. The summed E-state index contributed by atoms with van der Waals surface area (Å²) in [5.41, 5.74) is 0.845. The van der Waals surface area contributed by atoms with E-state index >= 15 is 0 Å². The van der Waals surface area contributed by atoms with Crippen molar-refractivity contribution in [3.05, 3.63) is 120 Å². The molecule has 0 aliphatic carbocycles. The van der Waals surface area contributed by atoms with Gasteiger partial charge < -0.3 is 4.74 Å². The van der Waals surface area contributed by atoms with Crippen LogP contribution in [0.2, 0.25) is 0 Å². The topological polar surface area (TPSA) is 60.4 Å². The number of ether oxygens (including phenoxy) is 1. The molecule has 0 bridgehead atoms. The summed E-state index contributed by atoms with van der Waals surface area (Å²) < 4.78 is 5.77. The van der Waals surface area contributed by atoms with Gasteiger partial charge in [-0.2, -0.15) is 0 Å². The van der Waals surface area contributed by atoms with Gasteiger partial charge in [0.15, 0.2) is 11.6 Å². The molecule has 0 aliphatic heterocycles. The molecule has 3 rings (SSSR count). The van der Waals surface area contributed by atoms with Gasteiger partial charge >= 0.3 is 5.97 Å². The number of hydrogen-bond acceptors (Lipinski definition) is 4. The second-order valence-electron chi connectivity index (χ2n) is 9.54. The lowest BCUT2D eigenvalue weighted by atomic mass is 9.70. The first kappa shape index (κ1) is 25.8. The van der Waals surface area contributed by atoms with Crippen molar-refractivity contribution in [1.82, 2.24) is 0 Å². The first-order chi connectivity index (χ1) is 16.7. The van der Waals surface area contributed by atoms with E-state index in [-0.39, 0.29) is 18.0 Å². The minimum atomic E-state index is -1.13. The highest BCUT2D eigenvalue weighted by Crippen LogP contribution is 2.39. The number of rotatable bonds is 10. The second-order valence-corrected chi connectivity index (χ2v) is 9.54. The van der Waals surface area contributed by atoms with Gasteiger partial charge in [-0.1, -0.05) is 97.1 Å². The van der Waals surface area contributed by atoms with Gasteiger partial charge in [0, 0.05) is 17.0 Å². The molecule has 4 heteroatoms. The molecule has 0 aromatic heterocycles. The highest BCUT2D eigenvalue weighted by Gasteiger charge is 2.44. The number of esters is 1. The van der Waals surface area contributed by atoms with E-state index in [1.165, 1.54) is 0 Å². The average molecular weight is 469 g/mol. The Labute approximate surface area is 207 Å². The van der Waals surface area contributed by atoms with E-state index in [0.717, 1.165) is 5.56 Å². The predicted molar refractivity (Wildman–Crippen MR) is 138 cm³/mol. The van der Waals surface area contributed by atoms with Crippen LogP contribution in [-0.2, 0) is 9.53 Å². The molecule has 0 amide bonds. The molecule has 0 saturated carbocycles. The first-order valence-corrected chi connectivity index (χ1v) is 11.8. The van der Waals surface area contributed by atoms with E-state index in [9.17, 15) is 14.4 Å². The van der Waals surface area contributed by atoms with Gasteiger partial charge in [-0.3, -0.25) is 14.4 Å². The summed E-state index contributed by atoms with van der Waals surface area (Å²) in [6.45, 7) is 9.25. The average Bonchev–Trinajstić information content (AvgIpc) is 2.86. The number of carbonyl (C=O) groups is 3. The zero-order valence-corrected chi connectivity index (χ0v) is 20.5. The van der Waals surface area contributed by atoms with E-state index in [1.54, 1.807) is 75.4 Å². The largest absolute Gasteiger partial charge is 0.460 e. The van der Waals surface area contributed by atoms with Crippen LogP contribution in [0.25, 0.3) is 0 Å². The summed E-state index contributed by atoms with van der Waals surface area (Å²) in [6.07, 6.45) is 1.90. The molecule has 0 spiro atoms. The van der Waals surface area contributed by atoms with Crippen LogP contribution in [0.5, 0.6) is 0 Å². The second kappa shape index (κ2) is 11.6. The number of benzene rings is 3. The summed E-state index contributed by atoms with van der Waals surface area (Å²) in [5, 5.41) is 0. The standard InChI is InChI=1S/C31H32O4/c1-5-15-25(30(34)35-31(2,3)4)26(22-16-9-6-10-17-22)27(28(32)23-18-11-7-12-19-23)29(33)24-20-13-8-14-21-24/h5-14,16-21,25-27H,1,15H2,2-4H3/t25-,26-/m1/s1. The number of allylic oxidation sites excluding steroid dienone is 1. The molecular weight excluding hydrogens is 436 g/mol. The number of Topliss-reactive ketones (excluding diaryl/α,β-unsaturated/α-hetero) is 2. The molecule has 0 radical (unpaired) electrons. The number of carbonyl (C=O) groups excluding carboxylic acids is 3. The first-order valence-electron chi connectivity index (χ1n) is 11.8. The van der Waals surface area contributed by atoms with Crippen molar-refractivity contribution in [2.24, 2.45) is 11.8 Å². The Bertz CT molecular complexity index is 1090. The van der Waals surface area contributed by atoms with Gasteiger partial charge in [0.1, 0.15) is 5.60 Å². The smallest absolute Gasteiger partial charge is 0.310 e. The van der Waals surface area contributed by atoms with E-state index in [1.807, 2.05) is 42.5 Å². The Morgan fingerprint density at radius 2 is 1.20 bits per heavy atom. The van der Waals surface area contributed by atoms with Crippen molar-refractivity contribution in [3.63, 3.8) is 0 Å². The van der Waals surface area contributed by atoms with Gasteiger partial charge in [0.2, 0.25) is 0 Å². The van der Waals surface area contributed by atoms with Crippen molar-refractivity contribution >= 4 is 17.5 Å². The van der Waals surface area contributed by atoms with Crippen LogP contribution in [0.3, 0.4) is 0 Å². The summed E-state index contributed by atoms with van der Waals surface area (Å²) in [6, 6.07) is 26.8. The third kappa shape index (κ3) is 6.63. The van der Waals surface area contributed by atoms with E-state index in [4.69, 9.17) is 4.74 Å². The molecule has 3 aromatic rings. The Kier molecular flexibility index (Phi) is 8.53. The molecule has 0 aliphatic rings. The molecule has 0 N–H and O–H groups in total. The van der Waals surface area contributed by atoms with Crippen LogP contribution in [0, 0.1) is 11.8 Å². The van der Waals surface area contributed by atoms with E-state index in [0.29, 0.717) is 11.1 Å². The molecule has 35 heavy (non-hydrogen) atoms. The van der Waals surface area contributed by atoms with Crippen LogP contribution in [-0.4, -0.2) is 23.1 Å². The molecule has 0 unspecified atom stereocenters. The molecule has 0 heterocycles. The summed E-state index contributed by atoms with van der Waals surface area (Å²) >= 11 is 0. The van der Waals surface area contributed by atoms with E-state index < -0.39 is 29.3 Å². The lowest BCUT2D eigenvalue weighted by molar-refractivity contribution is -0.161. The van der Waals surface area contributed by atoms with Gasteiger partial charge in [-0.05, 0) is 32.8 Å². The molecule has 180 valence electrons. The van der Waals surface area contributed by atoms with Crippen molar-refractivity contribution in [2.75, 3.05) is 0 Å². The Hall–Kier alpha value is -3.79. The SMILES string of the molecule is C=CC[C@@H](C(=O)OC(C)(C)C)[C@@H](c1ccccc1)C(C(=O)c1ccccc1)C(=O)c1ccccc1. The lowest BCUT2D eigenvalue weighted by Crippen LogP contribution is -2.39. The molecule has 0 saturated heterocycles. The van der Waals surface area contributed by atoms with Crippen LogP contribution < -0.4 is 0 Å². The van der Waals surface area contributed by atoms with Crippen molar-refractivity contribution in [3.8, 4) is 0 Å². The maximum atomic E-state index is 14.0. The molecule has 4 nitrogen and oxygen atoms in total. The summed E-state index contributed by atoms with van der Waals surface area (Å²) in [4.78, 5) is 41.5. The van der Waals surface area contributed by atoms with Crippen molar-refractivity contribution < 1.29 is 19.1 Å². The minimum absolute atomic E-state index is 0.259. The zero-order chi connectivity index (χ0) is 25.4. The maximum Gasteiger partial charge on any atom is 0.310 e. The fraction of sp³-hybridized carbons (Fsp3) is 0.258. The van der Waals surface area contributed by atoms with Crippen LogP contribution >= 0.6 is 0 Å². The van der Waals surface area contributed by atoms with Gasteiger partial charge in [0.25, 0.3) is 0 Å². The van der Waals surface area contributed by atoms with Crippen molar-refractivity contribution in [1.29, 1.82) is 0 Å². The lowest BCUT2D eigenvalue weighted by Gasteiger charge is -2.33. The van der Waals surface area contributed by atoms with Crippen LogP contribution in [0.1, 0.15) is 59.4 Å². The Morgan fingerprint density at radius 1 is 0.771 bits per heavy atom. The Balaban J connectivity index is 2.22. The molecule has 0 fully saturated rings. The number of hydrogen-bond donors (Lipinski definition) is 0. The predicted octanol–water partition coefficient (Wildman–Crippen LogP) is 6.69. The Morgan fingerprint density at radius 3 is 1.60 bits per heavy atom. The number of ketones is 2. The third-order valence-corrected chi connectivity index (χ3v) is 5.79. The van der Waals surface area contributed by atoms with Gasteiger partial charge in [-0.25, -0.2) is 0 Å². The third-order valence-electron chi connectivity index (χ3n) is 5.79.